The van der Waals surface area contributed by atoms with Crippen molar-refractivity contribution in [3.05, 3.63) is 10.4 Å². The highest BCUT2D eigenvalue weighted by molar-refractivity contribution is 7.17. The van der Waals surface area contributed by atoms with Crippen molar-refractivity contribution in [1.82, 2.24) is 0 Å². The van der Waals surface area contributed by atoms with Crippen LogP contribution in [-0.2, 0) is 9.47 Å². The molecular weight excluding hydrogens is 278 g/mol. The maximum atomic E-state index is 11.9. The van der Waals surface area contributed by atoms with E-state index in [1.54, 1.807) is 7.11 Å². The van der Waals surface area contributed by atoms with Crippen LogP contribution in [0.1, 0.15) is 28.1 Å². The van der Waals surface area contributed by atoms with Gasteiger partial charge < -0.3 is 20.1 Å². The minimum absolute atomic E-state index is 0.128. The van der Waals surface area contributed by atoms with E-state index in [0.717, 1.165) is 19.4 Å². The number of hydrogen-bond acceptors (Lipinski definition) is 7. The summed E-state index contributed by atoms with van der Waals surface area (Å²) in [4.78, 5) is 14.3. The fraction of sp³-hybridized carbons (Fsp3) is 0.538. The van der Waals surface area contributed by atoms with Crippen LogP contribution < -0.4 is 10.6 Å². The van der Waals surface area contributed by atoms with Crippen molar-refractivity contribution in [3.63, 3.8) is 0 Å². The number of carbonyl (C=O) groups excluding carboxylic acids is 1. The molecule has 1 aromatic rings. The molecule has 7 heteroatoms. The third-order valence-corrected chi connectivity index (χ3v) is 4.59. The van der Waals surface area contributed by atoms with E-state index in [9.17, 15) is 4.79 Å². The molecule has 1 unspecified atom stereocenters. The van der Waals surface area contributed by atoms with Gasteiger partial charge in [0.25, 0.3) is 0 Å². The van der Waals surface area contributed by atoms with Crippen LogP contribution >= 0.6 is 11.3 Å². The van der Waals surface area contributed by atoms with Crippen molar-refractivity contribution < 1.29 is 14.3 Å². The van der Waals surface area contributed by atoms with Gasteiger partial charge in [0.2, 0.25) is 0 Å². The van der Waals surface area contributed by atoms with Gasteiger partial charge in [0.1, 0.15) is 21.5 Å². The number of esters is 1. The summed E-state index contributed by atoms with van der Waals surface area (Å²) in [6.45, 7) is 1.50. The number of thiophene rings is 1. The van der Waals surface area contributed by atoms with Gasteiger partial charge in [0, 0.05) is 20.2 Å². The summed E-state index contributed by atoms with van der Waals surface area (Å²) in [5.74, 6) is -0.505. The molecule has 0 bridgehead atoms. The van der Waals surface area contributed by atoms with Gasteiger partial charge in [-0.3, -0.25) is 0 Å². The largest absolute Gasteiger partial charge is 0.465 e. The smallest absolute Gasteiger partial charge is 0.343 e. The first-order valence-electron chi connectivity index (χ1n) is 6.30. The average Bonchev–Trinajstić information content (AvgIpc) is 2.83. The number of hydrogen-bond donors (Lipinski definition) is 1. The quantitative estimate of drug-likeness (QED) is 0.852. The van der Waals surface area contributed by atoms with E-state index in [1.165, 1.54) is 18.4 Å². The highest BCUT2D eigenvalue weighted by Gasteiger charge is 2.29. The highest BCUT2D eigenvalue weighted by Crippen LogP contribution is 2.39. The van der Waals surface area contributed by atoms with Crippen LogP contribution in [0.5, 0.6) is 0 Å². The fourth-order valence-electron chi connectivity index (χ4n) is 2.35. The van der Waals surface area contributed by atoms with Crippen LogP contribution in [0, 0.1) is 11.3 Å². The summed E-state index contributed by atoms with van der Waals surface area (Å²) >= 11 is 1.23. The Morgan fingerprint density at radius 3 is 2.90 bits per heavy atom. The van der Waals surface area contributed by atoms with Crippen molar-refractivity contribution in [2.75, 3.05) is 37.9 Å². The lowest BCUT2D eigenvalue weighted by atomic mass is 10.1. The van der Waals surface area contributed by atoms with E-state index in [2.05, 4.69) is 0 Å². The second-order valence-corrected chi connectivity index (χ2v) is 5.57. The van der Waals surface area contributed by atoms with Gasteiger partial charge in [-0.2, -0.15) is 5.26 Å². The van der Waals surface area contributed by atoms with Crippen molar-refractivity contribution in [2.45, 2.75) is 18.9 Å². The first kappa shape index (κ1) is 14.6. The summed E-state index contributed by atoms with van der Waals surface area (Å²) in [6, 6.07) is 2.03. The number of nitrogens with zero attached hydrogens (tertiary/aromatic N) is 2. The zero-order valence-electron chi connectivity index (χ0n) is 11.5. The van der Waals surface area contributed by atoms with Crippen LogP contribution in [0.15, 0.2) is 0 Å². The molecule has 0 radical (unpaired) electrons. The maximum Gasteiger partial charge on any atom is 0.343 e. The SMILES string of the molecule is COC(=O)c1c(N2CCCC(OC)C2)sc(C#N)c1N. The number of anilines is 2. The lowest BCUT2D eigenvalue weighted by Gasteiger charge is -2.33. The molecule has 2 heterocycles. The van der Waals surface area contributed by atoms with Crippen LogP contribution in [0.4, 0.5) is 10.7 Å². The monoisotopic (exact) mass is 295 g/mol. The van der Waals surface area contributed by atoms with E-state index in [4.69, 9.17) is 20.5 Å². The molecule has 1 aliphatic rings. The number of rotatable bonds is 3. The zero-order valence-corrected chi connectivity index (χ0v) is 12.3. The van der Waals surface area contributed by atoms with E-state index >= 15 is 0 Å². The van der Waals surface area contributed by atoms with Crippen LogP contribution in [0.2, 0.25) is 0 Å². The Morgan fingerprint density at radius 1 is 1.55 bits per heavy atom. The highest BCUT2D eigenvalue weighted by atomic mass is 32.1. The normalized spacial score (nSPS) is 18.6. The van der Waals surface area contributed by atoms with Crippen molar-refractivity contribution in [1.29, 1.82) is 5.26 Å². The van der Waals surface area contributed by atoms with Crippen LogP contribution in [-0.4, -0.2) is 39.4 Å². The van der Waals surface area contributed by atoms with Gasteiger partial charge in [0.15, 0.2) is 0 Å². The minimum atomic E-state index is -0.505. The van der Waals surface area contributed by atoms with Crippen LogP contribution in [0.25, 0.3) is 0 Å². The Bertz CT molecular complexity index is 550. The molecular formula is C13H17N3O3S. The summed E-state index contributed by atoms with van der Waals surface area (Å²) < 4.78 is 10.2. The van der Waals surface area contributed by atoms with Crippen molar-refractivity contribution in [2.24, 2.45) is 0 Å². The summed E-state index contributed by atoms with van der Waals surface area (Å²) in [6.07, 6.45) is 2.09. The number of piperidine rings is 1. The van der Waals surface area contributed by atoms with E-state index in [0.29, 0.717) is 22.0 Å². The van der Waals surface area contributed by atoms with Crippen molar-refractivity contribution >= 4 is 28.0 Å². The predicted octanol–water partition coefficient (Wildman–Crippen LogP) is 1.60. The van der Waals surface area contributed by atoms with Crippen LogP contribution in [0.3, 0.4) is 0 Å². The number of ether oxygens (including phenoxy) is 2. The molecule has 1 aliphatic heterocycles. The molecule has 1 aromatic heterocycles. The first-order valence-corrected chi connectivity index (χ1v) is 7.12. The summed E-state index contributed by atoms with van der Waals surface area (Å²) in [5.41, 5.74) is 6.40. The van der Waals surface area contributed by atoms with E-state index in [-0.39, 0.29) is 11.8 Å². The van der Waals surface area contributed by atoms with Gasteiger partial charge in [-0.05, 0) is 12.8 Å². The average molecular weight is 295 g/mol. The number of nitrogens with two attached hydrogens (primary N) is 1. The Balaban J connectivity index is 2.40. The number of nitriles is 1. The fourth-order valence-corrected chi connectivity index (χ4v) is 3.39. The third kappa shape index (κ3) is 2.57. The van der Waals surface area contributed by atoms with Gasteiger partial charge in [-0.15, -0.1) is 11.3 Å². The Morgan fingerprint density at radius 2 is 2.30 bits per heavy atom. The Kier molecular flexibility index (Phi) is 4.47. The molecule has 0 aromatic carbocycles. The molecule has 0 spiro atoms. The number of nitrogen functional groups attached to an aromatic ring is 1. The molecule has 0 amide bonds. The predicted molar refractivity (Wildman–Crippen MR) is 77.0 cm³/mol. The van der Waals surface area contributed by atoms with E-state index in [1.807, 2.05) is 11.0 Å². The molecule has 0 aliphatic carbocycles. The van der Waals surface area contributed by atoms with Gasteiger partial charge in [0.05, 0.1) is 18.9 Å². The van der Waals surface area contributed by atoms with Gasteiger partial charge >= 0.3 is 5.97 Å². The lowest BCUT2D eigenvalue weighted by Crippen LogP contribution is -2.39. The third-order valence-electron chi connectivity index (χ3n) is 3.42. The molecule has 1 saturated heterocycles. The number of methoxy groups -OCH3 is 2. The Hall–Kier alpha value is -1.78. The lowest BCUT2D eigenvalue weighted by molar-refractivity contribution is 0.0601. The standard InChI is InChI=1S/C13H17N3O3S/c1-18-8-4-3-5-16(7-8)12-10(13(17)19-2)11(15)9(6-14)20-12/h8H,3-5,7,15H2,1-2H3. The molecule has 6 nitrogen and oxygen atoms in total. The zero-order chi connectivity index (χ0) is 14.7. The molecule has 20 heavy (non-hydrogen) atoms. The molecule has 1 atom stereocenters. The Labute approximate surface area is 121 Å². The van der Waals surface area contributed by atoms with Gasteiger partial charge in [-0.25, -0.2) is 4.79 Å². The molecule has 2 N–H and O–H groups in total. The first-order chi connectivity index (χ1) is 9.62. The molecule has 0 saturated carbocycles. The van der Waals surface area contributed by atoms with Crippen molar-refractivity contribution in [3.8, 4) is 6.07 Å². The number of carbonyl (C=O) groups is 1. The summed E-state index contributed by atoms with van der Waals surface area (Å²) in [7, 11) is 2.99. The molecule has 1 fully saturated rings. The van der Waals surface area contributed by atoms with Gasteiger partial charge in [-0.1, -0.05) is 0 Å². The minimum Gasteiger partial charge on any atom is -0.465 e. The second kappa shape index (κ2) is 6.11. The molecule has 108 valence electrons. The van der Waals surface area contributed by atoms with E-state index < -0.39 is 5.97 Å². The second-order valence-electron chi connectivity index (χ2n) is 4.57. The topological polar surface area (TPSA) is 88.6 Å². The molecule has 2 rings (SSSR count). The summed E-state index contributed by atoms with van der Waals surface area (Å²) in [5, 5.41) is 9.79. The maximum absolute atomic E-state index is 11.9.